The van der Waals surface area contributed by atoms with E-state index < -0.39 is 10.0 Å². The van der Waals surface area contributed by atoms with Gasteiger partial charge in [0.2, 0.25) is 10.0 Å². The van der Waals surface area contributed by atoms with Crippen molar-refractivity contribution in [2.24, 2.45) is 0 Å². The van der Waals surface area contributed by atoms with E-state index in [4.69, 9.17) is 10.8 Å². The van der Waals surface area contributed by atoms with Crippen LogP contribution in [0.5, 0.6) is 0 Å². The van der Waals surface area contributed by atoms with Gasteiger partial charge in [-0.05, 0) is 43.5 Å². The van der Waals surface area contributed by atoms with E-state index in [9.17, 15) is 8.42 Å². The Balaban J connectivity index is 3.26. The van der Waals surface area contributed by atoms with Crippen molar-refractivity contribution in [3.63, 3.8) is 0 Å². The third-order valence-corrected chi connectivity index (χ3v) is 5.28. The first kappa shape index (κ1) is 15.9. The Morgan fingerprint density at radius 1 is 1.26 bits per heavy atom. The van der Waals surface area contributed by atoms with Gasteiger partial charge >= 0.3 is 0 Å². The molecule has 0 aliphatic heterocycles. The summed E-state index contributed by atoms with van der Waals surface area (Å²) in [7, 11) is -3.53. The second-order valence-electron chi connectivity index (χ2n) is 4.56. The van der Waals surface area contributed by atoms with Crippen LogP contribution in [0.1, 0.15) is 24.5 Å². The van der Waals surface area contributed by atoms with Gasteiger partial charge in [0, 0.05) is 25.4 Å². The average molecular weight is 286 g/mol. The van der Waals surface area contributed by atoms with Crippen LogP contribution in [-0.2, 0) is 10.0 Å². The minimum atomic E-state index is -3.53. The summed E-state index contributed by atoms with van der Waals surface area (Å²) >= 11 is 0. The van der Waals surface area contributed by atoms with Gasteiger partial charge in [-0.2, -0.15) is 4.31 Å². The molecule has 108 valence electrons. The number of anilines is 1. The van der Waals surface area contributed by atoms with Crippen LogP contribution >= 0.6 is 0 Å². The Bertz CT molecular complexity index is 518. The topological polar surface area (TPSA) is 83.6 Å². The first-order valence-corrected chi connectivity index (χ1v) is 7.76. The Morgan fingerprint density at radius 3 is 2.21 bits per heavy atom. The van der Waals surface area contributed by atoms with Gasteiger partial charge in [0.1, 0.15) is 0 Å². The van der Waals surface area contributed by atoms with Crippen LogP contribution < -0.4 is 5.73 Å². The Labute approximate surface area is 115 Å². The zero-order chi connectivity index (χ0) is 14.6. The van der Waals surface area contributed by atoms with Crippen molar-refractivity contribution in [3.05, 3.63) is 23.3 Å². The van der Waals surface area contributed by atoms with Gasteiger partial charge < -0.3 is 10.8 Å². The largest absolute Gasteiger partial charge is 0.399 e. The zero-order valence-corrected chi connectivity index (χ0v) is 12.5. The van der Waals surface area contributed by atoms with Gasteiger partial charge in [-0.25, -0.2) is 8.42 Å². The minimum absolute atomic E-state index is 0.0221. The fourth-order valence-corrected chi connectivity index (χ4v) is 4.11. The molecule has 0 amide bonds. The number of sulfonamides is 1. The van der Waals surface area contributed by atoms with Crippen molar-refractivity contribution in [1.29, 1.82) is 0 Å². The molecule has 0 bridgehead atoms. The van der Waals surface area contributed by atoms with Gasteiger partial charge in [-0.15, -0.1) is 0 Å². The van der Waals surface area contributed by atoms with Gasteiger partial charge in [0.25, 0.3) is 0 Å². The van der Waals surface area contributed by atoms with E-state index in [1.807, 2.05) is 0 Å². The summed E-state index contributed by atoms with van der Waals surface area (Å²) in [4.78, 5) is 0.321. The highest BCUT2D eigenvalue weighted by Crippen LogP contribution is 2.26. The van der Waals surface area contributed by atoms with E-state index in [0.29, 0.717) is 41.2 Å². The molecule has 0 atom stereocenters. The third-order valence-electron chi connectivity index (χ3n) is 3.00. The monoisotopic (exact) mass is 286 g/mol. The maximum atomic E-state index is 12.6. The second-order valence-corrected chi connectivity index (χ2v) is 6.43. The van der Waals surface area contributed by atoms with Crippen molar-refractivity contribution in [3.8, 4) is 0 Å². The van der Waals surface area contributed by atoms with Gasteiger partial charge in [0.15, 0.2) is 0 Å². The number of nitrogens with zero attached hydrogens (tertiary/aromatic N) is 1. The smallest absolute Gasteiger partial charge is 0.243 e. The average Bonchev–Trinajstić information content (AvgIpc) is 2.27. The van der Waals surface area contributed by atoms with Crippen molar-refractivity contribution < 1.29 is 13.5 Å². The second kappa shape index (κ2) is 6.36. The van der Waals surface area contributed by atoms with Crippen molar-refractivity contribution in [2.75, 3.05) is 25.4 Å². The maximum absolute atomic E-state index is 12.6. The number of benzene rings is 1. The van der Waals surface area contributed by atoms with Crippen LogP contribution in [-0.4, -0.2) is 37.5 Å². The molecule has 19 heavy (non-hydrogen) atoms. The molecule has 0 aromatic heterocycles. The molecule has 0 aliphatic carbocycles. The Hall–Kier alpha value is -1.11. The van der Waals surface area contributed by atoms with Gasteiger partial charge in [-0.1, -0.05) is 6.92 Å². The highest BCUT2D eigenvalue weighted by Gasteiger charge is 2.26. The van der Waals surface area contributed by atoms with Crippen molar-refractivity contribution in [2.45, 2.75) is 32.1 Å². The number of aliphatic hydroxyl groups is 1. The summed E-state index contributed by atoms with van der Waals surface area (Å²) in [6.07, 6.45) is 0.431. The number of hydrogen-bond donors (Lipinski definition) is 2. The lowest BCUT2D eigenvalue weighted by molar-refractivity contribution is 0.271. The highest BCUT2D eigenvalue weighted by atomic mass is 32.2. The molecule has 1 rings (SSSR count). The van der Waals surface area contributed by atoms with Crippen LogP contribution in [0.15, 0.2) is 17.0 Å². The number of nitrogens with two attached hydrogens (primary N) is 1. The number of hydrogen-bond acceptors (Lipinski definition) is 4. The standard InChI is InChI=1S/C13H22N2O3S/c1-4-15(6-5-7-16)19(17,18)13-10(2)8-12(14)9-11(13)3/h8-9,16H,4-7,14H2,1-3H3. The molecule has 0 spiro atoms. The van der Waals surface area contributed by atoms with Crippen LogP contribution in [0.4, 0.5) is 5.69 Å². The lowest BCUT2D eigenvalue weighted by Gasteiger charge is -2.22. The molecule has 5 nitrogen and oxygen atoms in total. The first-order valence-electron chi connectivity index (χ1n) is 6.32. The molecule has 0 saturated heterocycles. The molecular weight excluding hydrogens is 264 g/mol. The SMILES string of the molecule is CCN(CCCO)S(=O)(=O)c1c(C)cc(N)cc1C. The fraction of sp³-hybridized carbons (Fsp3) is 0.538. The Kier molecular flexibility index (Phi) is 5.34. The molecule has 6 heteroatoms. The van der Waals surface area contributed by atoms with Gasteiger partial charge in [-0.3, -0.25) is 0 Å². The molecular formula is C13H22N2O3S. The highest BCUT2D eigenvalue weighted by molar-refractivity contribution is 7.89. The lowest BCUT2D eigenvalue weighted by Crippen LogP contribution is -2.33. The normalized spacial score (nSPS) is 12.1. The van der Waals surface area contributed by atoms with Gasteiger partial charge in [0.05, 0.1) is 4.90 Å². The first-order chi connectivity index (χ1) is 8.84. The molecule has 0 aliphatic rings. The summed E-state index contributed by atoms with van der Waals surface area (Å²) in [6.45, 7) is 5.96. The minimum Gasteiger partial charge on any atom is -0.399 e. The van der Waals surface area contributed by atoms with E-state index in [0.717, 1.165) is 0 Å². The molecule has 1 aromatic carbocycles. The van der Waals surface area contributed by atoms with E-state index >= 15 is 0 Å². The maximum Gasteiger partial charge on any atom is 0.243 e. The zero-order valence-electron chi connectivity index (χ0n) is 11.7. The fourth-order valence-electron chi connectivity index (χ4n) is 2.22. The number of aliphatic hydroxyl groups excluding tert-OH is 1. The molecule has 0 saturated carbocycles. The van der Waals surface area contributed by atoms with Crippen molar-refractivity contribution in [1.82, 2.24) is 4.31 Å². The van der Waals surface area contributed by atoms with Crippen LogP contribution in [0.25, 0.3) is 0 Å². The van der Waals surface area contributed by atoms with Crippen molar-refractivity contribution >= 4 is 15.7 Å². The van der Waals surface area contributed by atoms with E-state index in [1.54, 1.807) is 32.9 Å². The predicted molar refractivity (Wildman–Crippen MR) is 76.5 cm³/mol. The summed E-state index contributed by atoms with van der Waals surface area (Å²) in [5, 5.41) is 8.85. The predicted octanol–water partition coefficient (Wildman–Crippen LogP) is 1.28. The van der Waals surface area contributed by atoms with Crippen LogP contribution in [0.2, 0.25) is 0 Å². The molecule has 0 heterocycles. The quantitative estimate of drug-likeness (QED) is 0.772. The van der Waals surface area contributed by atoms with Crippen LogP contribution in [0, 0.1) is 13.8 Å². The number of nitrogen functional groups attached to an aromatic ring is 1. The summed E-state index contributed by atoms with van der Waals surface area (Å²) in [5.74, 6) is 0. The lowest BCUT2D eigenvalue weighted by atomic mass is 10.1. The third kappa shape index (κ3) is 3.46. The van der Waals surface area contributed by atoms with Crippen LogP contribution in [0.3, 0.4) is 0 Å². The summed E-state index contributed by atoms with van der Waals surface area (Å²) < 4.78 is 26.6. The number of rotatable bonds is 6. The summed E-state index contributed by atoms with van der Waals surface area (Å²) in [6, 6.07) is 3.33. The van der Waals surface area contributed by atoms with E-state index in [2.05, 4.69) is 0 Å². The molecule has 0 fully saturated rings. The van der Waals surface area contributed by atoms with E-state index in [-0.39, 0.29) is 6.61 Å². The molecule has 1 aromatic rings. The molecule has 0 radical (unpaired) electrons. The Morgan fingerprint density at radius 2 is 1.79 bits per heavy atom. The summed E-state index contributed by atoms with van der Waals surface area (Å²) in [5.41, 5.74) is 7.59. The molecule has 3 N–H and O–H groups in total. The number of aryl methyl sites for hydroxylation is 2. The van der Waals surface area contributed by atoms with E-state index in [1.165, 1.54) is 4.31 Å². The molecule has 0 unspecified atom stereocenters.